The molecular weight excluding hydrogens is 238 g/mol. The van der Waals surface area contributed by atoms with Crippen molar-refractivity contribution >= 4 is 23.3 Å². The van der Waals surface area contributed by atoms with Gasteiger partial charge in [-0.2, -0.15) is 4.37 Å². The highest BCUT2D eigenvalue weighted by Crippen LogP contribution is 2.29. The van der Waals surface area contributed by atoms with E-state index >= 15 is 0 Å². The van der Waals surface area contributed by atoms with E-state index in [9.17, 15) is 0 Å². The minimum atomic E-state index is 0.328. The molecule has 90 valence electrons. The van der Waals surface area contributed by atoms with Crippen LogP contribution in [0, 0.1) is 12.8 Å². The molecule has 0 saturated heterocycles. The first-order chi connectivity index (χ1) is 7.75. The lowest BCUT2D eigenvalue weighted by molar-refractivity contribution is 0.319. The molecule has 16 heavy (non-hydrogen) atoms. The second-order valence-corrected chi connectivity index (χ2v) is 6.50. The molecule has 1 aliphatic carbocycles. The second-order valence-electron chi connectivity index (χ2n) is 4.48. The Bertz CT molecular complexity index is 321. The molecule has 0 radical (unpaired) electrons. The maximum absolute atomic E-state index is 6.24. The van der Waals surface area contributed by atoms with Gasteiger partial charge in [0.1, 0.15) is 5.82 Å². The van der Waals surface area contributed by atoms with Crippen molar-refractivity contribution in [3.63, 3.8) is 0 Å². The molecule has 3 nitrogen and oxygen atoms in total. The van der Waals surface area contributed by atoms with E-state index in [-0.39, 0.29) is 0 Å². The van der Waals surface area contributed by atoms with Crippen LogP contribution in [0.4, 0.5) is 0 Å². The van der Waals surface area contributed by atoms with E-state index < -0.39 is 0 Å². The van der Waals surface area contributed by atoms with E-state index in [1.165, 1.54) is 43.6 Å². The Hall–Kier alpha value is -0.130. The van der Waals surface area contributed by atoms with Gasteiger partial charge < -0.3 is 5.73 Å². The summed E-state index contributed by atoms with van der Waals surface area (Å²) in [6.45, 7) is 1.93. The van der Waals surface area contributed by atoms with Crippen LogP contribution in [0.5, 0.6) is 0 Å². The minimum absolute atomic E-state index is 0.328. The Kier molecular flexibility index (Phi) is 4.61. The molecule has 2 N–H and O–H groups in total. The van der Waals surface area contributed by atoms with Gasteiger partial charge in [0.05, 0.1) is 0 Å². The lowest BCUT2D eigenvalue weighted by Crippen LogP contribution is -2.33. The van der Waals surface area contributed by atoms with E-state index in [0.29, 0.717) is 6.04 Å². The van der Waals surface area contributed by atoms with Gasteiger partial charge in [0.15, 0.2) is 4.34 Å². The zero-order valence-electron chi connectivity index (χ0n) is 9.69. The van der Waals surface area contributed by atoms with Gasteiger partial charge in [-0.1, -0.05) is 31.0 Å². The standard InChI is InChI=1S/C11H19N3S2/c1-8-13-11(16-14-8)15-7-10(12)9-5-3-2-4-6-9/h9-10H,2-7,12H2,1H3. The topological polar surface area (TPSA) is 51.8 Å². The van der Waals surface area contributed by atoms with Crippen molar-refractivity contribution in [1.82, 2.24) is 9.36 Å². The molecule has 1 saturated carbocycles. The maximum Gasteiger partial charge on any atom is 0.170 e. The Morgan fingerprint density at radius 3 is 2.81 bits per heavy atom. The maximum atomic E-state index is 6.24. The fraction of sp³-hybridized carbons (Fsp3) is 0.818. The molecule has 1 atom stereocenters. The molecule has 0 aromatic carbocycles. The van der Waals surface area contributed by atoms with Crippen molar-refractivity contribution in [2.75, 3.05) is 5.75 Å². The fourth-order valence-corrected chi connectivity index (χ4v) is 3.96. The van der Waals surface area contributed by atoms with Gasteiger partial charge in [-0.25, -0.2) is 4.98 Å². The Morgan fingerprint density at radius 2 is 2.19 bits per heavy atom. The molecule has 0 aliphatic heterocycles. The van der Waals surface area contributed by atoms with Gasteiger partial charge in [-0.3, -0.25) is 0 Å². The first-order valence-corrected chi connectivity index (χ1v) is 7.70. The Labute approximate surface area is 105 Å². The molecule has 1 aliphatic rings. The molecule has 2 rings (SSSR count). The predicted molar refractivity (Wildman–Crippen MR) is 69.9 cm³/mol. The third-order valence-corrected chi connectivity index (χ3v) is 5.23. The quantitative estimate of drug-likeness (QED) is 0.843. The third-order valence-electron chi connectivity index (χ3n) is 3.16. The number of hydrogen-bond donors (Lipinski definition) is 1. The summed E-state index contributed by atoms with van der Waals surface area (Å²) in [6.07, 6.45) is 6.75. The number of aryl methyl sites for hydroxylation is 1. The summed E-state index contributed by atoms with van der Waals surface area (Å²) < 4.78 is 5.24. The molecule has 1 aromatic rings. The summed E-state index contributed by atoms with van der Waals surface area (Å²) in [5.41, 5.74) is 6.24. The average molecular weight is 257 g/mol. The van der Waals surface area contributed by atoms with Crippen LogP contribution in [-0.4, -0.2) is 21.2 Å². The zero-order chi connectivity index (χ0) is 11.4. The number of aromatic nitrogens is 2. The summed E-state index contributed by atoms with van der Waals surface area (Å²) >= 11 is 3.25. The van der Waals surface area contributed by atoms with Crippen molar-refractivity contribution in [2.45, 2.75) is 49.4 Å². The van der Waals surface area contributed by atoms with Crippen LogP contribution in [0.3, 0.4) is 0 Å². The summed E-state index contributed by atoms with van der Waals surface area (Å²) in [4.78, 5) is 4.34. The third kappa shape index (κ3) is 3.43. The number of thioether (sulfide) groups is 1. The average Bonchev–Trinajstić information content (AvgIpc) is 2.73. The van der Waals surface area contributed by atoms with Crippen LogP contribution >= 0.6 is 23.3 Å². The van der Waals surface area contributed by atoms with Gasteiger partial charge in [0.25, 0.3) is 0 Å². The van der Waals surface area contributed by atoms with E-state index in [0.717, 1.165) is 21.8 Å². The number of nitrogens with zero attached hydrogens (tertiary/aromatic N) is 2. The fourth-order valence-electron chi connectivity index (χ4n) is 2.20. The van der Waals surface area contributed by atoms with Gasteiger partial charge >= 0.3 is 0 Å². The first kappa shape index (κ1) is 12.3. The second kappa shape index (κ2) is 5.98. The van der Waals surface area contributed by atoms with Crippen molar-refractivity contribution in [2.24, 2.45) is 11.7 Å². The highest BCUT2D eigenvalue weighted by Gasteiger charge is 2.20. The number of hydrogen-bond acceptors (Lipinski definition) is 5. The summed E-state index contributed by atoms with van der Waals surface area (Å²) in [6, 6.07) is 0.328. The van der Waals surface area contributed by atoms with Crippen LogP contribution in [0.15, 0.2) is 4.34 Å². The van der Waals surface area contributed by atoms with E-state index in [1.807, 2.05) is 6.92 Å². The van der Waals surface area contributed by atoms with Gasteiger partial charge in [-0.15, -0.1) is 0 Å². The normalized spacial score (nSPS) is 19.9. The molecular formula is C11H19N3S2. The predicted octanol–water partition coefficient (Wildman–Crippen LogP) is 2.85. The van der Waals surface area contributed by atoms with Crippen molar-refractivity contribution in [3.05, 3.63) is 5.82 Å². The molecule has 1 aromatic heterocycles. The van der Waals surface area contributed by atoms with Crippen LogP contribution in [0.25, 0.3) is 0 Å². The smallest absolute Gasteiger partial charge is 0.170 e. The summed E-state index contributed by atoms with van der Waals surface area (Å²) in [7, 11) is 0. The van der Waals surface area contributed by atoms with E-state index in [1.54, 1.807) is 11.8 Å². The van der Waals surface area contributed by atoms with Crippen LogP contribution < -0.4 is 5.73 Å². The Morgan fingerprint density at radius 1 is 1.44 bits per heavy atom. The largest absolute Gasteiger partial charge is 0.327 e. The molecule has 5 heteroatoms. The van der Waals surface area contributed by atoms with Crippen LogP contribution in [0.1, 0.15) is 37.9 Å². The van der Waals surface area contributed by atoms with E-state index in [4.69, 9.17) is 5.73 Å². The molecule has 0 spiro atoms. The lowest BCUT2D eigenvalue weighted by atomic mass is 9.85. The lowest BCUT2D eigenvalue weighted by Gasteiger charge is -2.26. The molecule has 1 heterocycles. The molecule has 1 fully saturated rings. The number of rotatable bonds is 4. The van der Waals surface area contributed by atoms with E-state index in [2.05, 4.69) is 9.36 Å². The Balaban J connectivity index is 1.76. The first-order valence-electron chi connectivity index (χ1n) is 5.94. The van der Waals surface area contributed by atoms with Crippen LogP contribution in [0.2, 0.25) is 0 Å². The van der Waals surface area contributed by atoms with Crippen molar-refractivity contribution in [3.8, 4) is 0 Å². The monoisotopic (exact) mass is 257 g/mol. The highest BCUT2D eigenvalue weighted by molar-refractivity contribution is 8.00. The summed E-state index contributed by atoms with van der Waals surface area (Å²) in [5.74, 6) is 2.59. The summed E-state index contributed by atoms with van der Waals surface area (Å²) in [5, 5.41) is 0. The number of nitrogens with two attached hydrogens (primary N) is 1. The minimum Gasteiger partial charge on any atom is -0.327 e. The molecule has 0 bridgehead atoms. The van der Waals surface area contributed by atoms with Crippen molar-refractivity contribution < 1.29 is 0 Å². The highest BCUT2D eigenvalue weighted by atomic mass is 32.2. The van der Waals surface area contributed by atoms with Gasteiger partial charge in [0.2, 0.25) is 0 Å². The van der Waals surface area contributed by atoms with Crippen molar-refractivity contribution in [1.29, 1.82) is 0 Å². The van der Waals surface area contributed by atoms with Gasteiger partial charge in [0, 0.05) is 11.8 Å². The van der Waals surface area contributed by atoms with Gasteiger partial charge in [-0.05, 0) is 37.2 Å². The van der Waals surface area contributed by atoms with Crippen LogP contribution in [-0.2, 0) is 0 Å². The SMILES string of the molecule is Cc1nsc(SCC(N)C2CCCCC2)n1. The zero-order valence-corrected chi connectivity index (χ0v) is 11.3. The molecule has 0 amide bonds. The molecule has 1 unspecified atom stereocenters.